The van der Waals surface area contributed by atoms with E-state index in [2.05, 4.69) is 14.8 Å². The quantitative estimate of drug-likeness (QED) is 0.442. The predicted octanol–water partition coefficient (Wildman–Crippen LogP) is 0.346. The molecule has 0 spiro atoms. The summed E-state index contributed by atoms with van der Waals surface area (Å²) in [5.41, 5.74) is 5.91. The Morgan fingerprint density at radius 2 is 2.06 bits per heavy atom. The molecule has 2 aliphatic heterocycles. The summed E-state index contributed by atoms with van der Waals surface area (Å²) in [7, 11) is 0. The zero-order valence-electron chi connectivity index (χ0n) is 10.5. The van der Waals surface area contributed by atoms with Gasteiger partial charge in [0.15, 0.2) is 5.96 Å². The summed E-state index contributed by atoms with van der Waals surface area (Å²) in [5, 5.41) is 0. The van der Waals surface area contributed by atoms with Gasteiger partial charge in [0.25, 0.3) is 0 Å². The molecule has 0 amide bonds. The second-order valence-corrected chi connectivity index (χ2v) is 4.37. The van der Waals surface area contributed by atoms with Crippen LogP contribution in [0.4, 0.5) is 0 Å². The molecule has 1 atom stereocenters. The highest BCUT2D eigenvalue weighted by Crippen LogP contribution is 2.16. The van der Waals surface area contributed by atoms with Gasteiger partial charge in [0, 0.05) is 38.8 Å². The van der Waals surface area contributed by atoms with Crippen LogP contribution in [0, 0.1) is 0 Å². The Hall–Kier alpha value is -0.0800. The van der Waals surface area contributed by atoms with Gasteiger partial charge in [-0.1, -0.05) is 0 Å². The summed E-state index contributed by atoms with van der Waals surface area (Å²) in [6, 6.07) is 0.634. The van der Waals surface area contributed by atoms with E-state index in [4.69, 9.17) is 10.5 Å². The van der Waals surface area contributed by atoms with Crippen molar-refractivity contribution in [1.29, 1.82) is 0 Å². The third-order valence-electron chi connectivity index (χ3n) is 3.37. The van der Waals surface area contributed by atoms with Crippen LogP contribution in [-0.4, -0.2) is 67.7 Å². The Bertz CT molecular complexity index is 256. The highest BCUT2D eigenvalue weighted by Gasteiger charge is 2.29. The van der Waals surface area contributed by atoms with Crippen LogP contribution in [0.2, 0.25) is 0 Å². The Labute approximate surface area is 120 Å². The maximum Gasteiger partial charge on any atom is 0.191 e. The zero-order chi connectivity index (χ0) is 11.4. The van der Waals surface area contributed by atoms with Crippen molar-refractivity contribution in [3.8, 4) is 0 Å². The fourth-order valence-corrected chi connectivity index (χ4v) is 2.45. The molecule has 2 rings (SSSR count). The van der Waals surface area contributed by atoms with Crippen molar-refractivity contribution in [2.75, 3.05) is 45.9 Å². The number of morpholine rings is 1. The van der Waals surface area contributed by atoms with E-state index in [1.165, 1.54) is 6.42 Å². The summed E-state index contributed by atoms with van der Waals surface area (Å²) in [6.45, 7) is 8.70. The number of nitrogens with zero attached hydrogens (tertiary/aromatic N) is 3. The summed E-state index contributed by atoms with van der Waals surface area (Å²) < 4.78 is 5.37. The number of likely N-dealkylation sites (tertiary alicyclic amines) is 1. The number of halogens is 1. The molecule has 0 aromatic rings. The average molecular weight is 354 g/mol. The molecule has 2 N–H and O–H groups in total. The lowest BCUT2D eigenvalue weighted by atomic mass is 10.2. The molecular weight excluding hydrogens is 331 g/mol. The van der Waals surface area contributed by atoms with Gasteiger partial charge in [-0.15, -0.1) is 24.0 Å². The summed E-state index contributed by atoms with van der Waals surface area (Å²) in [4.78, 5) is 8.98. The van der Waals surface area contributed by atoms with Crippen molar-refractivity contribution in [1.82, 2.24) is 9.80 Å². The Morgan fingerprint density at radius 3 is 2.71 bits per heavy atom. The van der Waals surface area contributed by atoms with E-state index < -0.39 is 0 Å². The highest BCUT2D eigenvalue weighted by molar-refractivity contribution is 14.0. The van der Waals surface area contributed by atoms with Crippen molar-refractivity contribution in [2.24, 2.45) is 10.7 Å². The van der Waals surface area contributed by atoms with Crippen molar-refractivity contribution < 1.29 is 4.74 Å². The Kier molecular flexibility index (Phi) is 6.50. The standard InChI is InChI=1S/C11H22N4O.HI/c1-2-13-11(12)15-4-3-10(9-15)14-5-7-16-8-6-14;/h10H,2-9H2,1H3,(H2,12,13);1H. The minimum atomic E-state index is 0. The lowest BCUT2D eigenvalue weighted by Crippen LogP contribution is -2.46. The summed E-state index contributed by atoms with van der Waals surface area (Å²) in [6.07, 6.45) is 1.19. The fourth-order valence-electron chi connectivity index (χ4n) is 2.45. The van der Waals surface area contributed by atoms with Gasteiger partial charge >= 0.3 is 0 Å². The van der Waals surface area contributed by atoms with Crippen LogP contribution in [-0.2, 0) is 4.74 Å². The van der Waals surface area contributed by atoms with E-state index >= 15 is 0 Å². The van der Waals surface area contributed by atoms with Crippen molar-refractivity contribution >= 4 is 29.9 Å². The summed E-state index contributed by atoms with van der Waals surface area (Å²) >= 11 is 0. The van der Waals surface area contributed by atoms with E-state index in [0.29, 0.717) is 12.0 Å². The van der Waals surface area contributed by atoms with Crippen LogP contribution in [0.5, 0.6) is 0 Å². The largest absolute Gasteiger partial charge is 0.379 e. The topological polar surface area (TPSA) is 54.1 Å². The molecule has 0 bridgehead atoms. The minimum absolute atomic E-state index is 0. The van der Waals surface area contributed by atoms with E-state index in [1.54, 1.807) is 0 Å². The molecule has 2 heterocycles. The van der Waals surface area contributed by atoms with Crippen LogP contribution in [0.1, 0.15) is 13.3 Å². The van der Waals surface area contributed by atoms with E-state index in [9.17, 15) is 0 Å². The summed E-state index contributed by atoms with van der Waals surface area (Å²) in [5.74, 6) is 0.707. The van der Waals surface area contributed by atoms with E-state index in [0.717, 1.165) is 45.9 Å². The van der Waals surface area contributed by atoms with Gasteiger partial charge in [0.2, 0.25) is 0 Å². The van der Waals surface area contributed by atoms with Gasteiger partial charge < -0.3 is 15.4 Å². The second-order valence-electron chi connectivity index (χ2n) is 4.37. The van der Waals surface area contributed by atoms with Gasteiger partial charge in [-0.3, -0.25) is 9.89 Å². The van der Waals surface area contributed by atoms with Crippen LogP contribution >= 0.6 is 24.0 Å². The molecule has 0 aromatic heterocycles. The number of hydrogen-bond acceptors (Lipinski definition) is 3. The number of rotatable bonds is 2. The van der Waals surface area contributed by atoms with Gasteiger partial charge in [0.1, 0.15) is 0 Å². The average Bonchev–Trinajstić information content (AvgIpc) is 2.80. The Morgan fingerprint density at radius 1 is 1.35 bits per heavy atom. The normalized spacial score (nSPS) is 27.0. The molecule has 0 aliphatic carbocycles. The molecule has 100 valence electrons. The smallest absolute Gasteiger partial charge is 0.191 e. The maximum absolute atomic E-state index is 5.91. The first-order valence-corrected chi connectivity index (χ1v) is 6.18. The van der Waals surface area contributed by atoms with Crippen LogP contribution in [0.3, 0.4) is 0 Å². The predicted molar refractivity (Wildman–Crippen MR) is 79.9 cm³/mol. The first-order valence-electron chi connectivity index (χ1n) is 6.18. The molecule has 5 nitrogen and oxygen atoms in total. The first kappa shape index (κ1) is 15.0. The third kappa shape index (κ3) is 3.96. The lowest BCUT2D eigenvalue weighted by Gasteiger charge is -2.32. The lowest BCUT2D eigenvalue weighted by molar-refractivity contribution is 0.0195. The molecule has 2 fully saturated rings. The number of nitrogens with two attached hydrogens (primary N) is 1. The van der Waals surface area contributed by atoms with Crippen LogP contribution in [0.15, 0.2) is 4.99 Å². The van der Waals surface area contributed by atoms with E-state index in [1.807, 2.05) is 6.92 Å². The number of aliphatic imine (C=N–C) groups is 1. The third-order valence-corrected chi connectivity index (χ3v) is 3.37. The number of ether oxygens (including phenoxy) is 1. The van der Waals surface area contributed by atoms with Crippen LogP contribution < -0.4 is 5.73 Å². The molecule has 2 aliphatic rings. The highest BCUT2D eigenvalue weighted by atomic mass is 127. The van der Waals surface area contributed by atoms with Gasteiger partial charge in [-0.25, -0.2) is 0 Å². The molecule has 2 saturated heterocycles. The van der Waals surface area contributed by atoms with Crippen molar-refractivity contribution in [3.05, 3.63) is 0 Å². The maximum atomic E-state index is 5.91. The molecule has 6 heteroatoms. The minimum Gasteiger partial charge on any atom is -0.379 e. The van der Waals surface area contributed by atoms with Crippen LogP contribution in [0.25, 0.3) is 0 Å². The SMILES string of the molecule is CCN=C(N)N1CCC(N2CCOCC2)C1.I. The molecule has 0 saturated carbocycles. The van der Waals surface area contributed by atoms with Gasteiger partial charge in [-0.05, 0) is 13.3 Å². The number of guanidine groups is 1. The van der Waals surface area contributed by atoms with E-state index in [-0.39, 0.29) is 24.0 Å². The second kappa shape index (κ2) is 7.38. The number of hydrogen-bond donors (Lipinski definition) is 1. The zero-order valence-corrected chi connectivity index (χ0v) is 12.8. The Balaban J connectivity index is 0.00000144. The van der Waals surface area contributed by atoms with Crippen molar-refractivity contribution in [3.63, 3.8) is 0 Å². The van der Waals surface area contributed by atoms with Crippen molar-refractivity contribution in [2.45, 2.75) is 19.4 Å². The molecule has 0 aromatic carbocycles. The molecule has 0 radical (unpaired) electrons. The monoisotopic (exact) mass is 354 g/mol. The first-order chi connectivity index (χ1) is 7.81. The van der Waals surface area contributed by atoms with Gasteiger partial charge in [0.05, 0.1) is 13.2 Å². The molecular formula is C11H23IN4O. The van der Waals surface area contributed by atoms with Gasteiger partial charge in [-0.2, -0.15) is 0 Å². The fraction of sp³-hybridized carbons (Fsp3) is 0.909. The molecule has 17 heavy (non-hydrogen) atoms. The molecule has 1 unspecified atom stereocenters.